The van der Waals surface area contributed by atoms with E-state index in [1.165, 1.54) is 11.6 Å². The number of hydrogen-bond donors (Lipinski definition) is 1. The van der Waals surface area contributed by atoms with Crippen LogP contribution in [0.3, 0.4) is 0 Å². The van der Waals surface area contributed by atoms with E-state index in [9.17, 15) is 9.90 Å². The fourth-order valence-electron chi connectivity index (χ4n) is 1.75. The molecule has 0 fully saturated rings. The van der Waals surface area contributed by atoms with Gasteiger partial charge in [0.1, 0.15) is 6.10 Å². The summed E-state index contributed by atoms with van der Waals surface area (Å²) in [4.78, 5) is 12.0. The minimum atomic E-state index is -1.16. The molecule has 2 nitrogen and oxygen atoms in total. The predicted octanol–water partition coefficient (Wildman–Crippen LogP) is 3.91. The Morgan fingerprint density at radius 2 is 1.70 bits per heavy atom. The molecule has 0 radical (unpaired) electrons. The summed E-state index contributed by atoms with van der Waals surface area (Å²) in [5.41, 5.74) is 2.55. The van der Waals surface area contributed by atoms with E-state index in [1.54, 1.807) is 30.3 Å². The van der Waals surface area contributed by atoms with Crippen LogP contribution in [0, 0.1) is 6.92 Å². The molecule has 1 unspecified atom stereocenters. The van der Waals surface area contributed by atoms with Gasteiger partial charge in [0.2, 0.25) is 0 Å². The number of carbonyl (C=O) groups excluding carboxylic acids is 1. The van der Waals surface area contributed by atoms with Crippen LogP contribution in [-0.2, 0) is 0 Å². The van der Waals surface area contributed by atoms with E-state index in [0.717, 1.165) is 5.56 Å². The second-order valence-electron chi connectivity index (χ2n) is 4.59. The van der Waals surface area contributed by atoms with Crippen LogP contribution < -0.4 is 0 Å². The second kappa shape index (κ2) is 6.51. The van der Waals surface area contributed by atoms with Gasteiger partial charge in [0, 0.05) is 10.6 Å². The molecule has 3 heteroatoms. The monoisotopic (exact) mass is 286 g/mol. The number of halogens is 1. The third-order valence-electron chi connectivity index (χ3n) is 2.95. The van der Waals surface area contributed by atoms with Gasteiger partial charge >= 0.3 is 0 Å². The van der Waals surface area contributed by atoms with Crippen molar-refractivity contribution < 1.29 is 9.90 Å². The number of Topliss-reactive ketones (excluding diaryl/α,β-unsaturated/α-hetero) is 1. The molecule has 0 saturated carbocycles. The van der Waals surface area contributed by atoms with E-state index in [-0.39, 0.29) is 5.78 Å². The molecule has 0 amide bonds. The molecule has 0 aromatic heterocycles. The molecule has 20 heavy (non-hydrogen) atoms. The zero-order valence-corrected chi connectivity index (χ0v) is 11.8. The molecular formula is C17H15ClO2. The van der Waals surface area contributed by atoms with Gasteiger partial charge in [0.05, 0.1) is 0 Å². The number of rotatable bonds is 4. The van der Waals surface area contributed by atoms with Crippen LogP contribution in [0.25, 0.3) is 6.08 Å². The third-order valence-corrected chi connectivity index (χ3v) is 3.20. The first kappa shape index (κ1) is 14.5. The number of hydrogen-bond acceptors (Lipinski definition) is 2. The Hall–Kier alpha value is -1.90. The van der Waals surface area contributed by atoms with E-state index in [1.807, 2.05) is 31.2 Å². The van der Waals surface area contributed by atoms with Crippen molar-refractivity contribution in [2.24, 2.45) is 0 Å². The second-order valence-corrected chi connectivity index (χ2v) is 5.02. The lowest BCUT2D eigenvalue weighted by molar-refractivity contribution is 0.0821. The normalized spacial score (nSPS) is 12.6. The SMILES string of the molecule is Cc1ccc(/C=C/C(O)C(=O)c2ccc(Cl)cc2)cc1. The standard InChI is InChI=1S/C17H15ClO2/c1-12-2-4-13(5-3-12)6-11-16(19)17(20)14-7-9-15(18)10-8-14/h2-11,16,19H,1H3/b11-6+. The van der Waals surface area contributed by atoms with Crippen LogP contribution in [0.2, 0.25) is 5.02 Å². The van der Waals surface area contributed by atoms with Crippen molar-refractivity contribution in [2.45, 2.75) is 13.0 Å². The summed E-state index contributed by atoms with van der Waals surface area (Å²) >= 11 is 5.76. The highest BCUT2D eigenvalue weighted by atomic mass is 35.5. The summed E-state index contributed by atoms with van der Waals surface area (Å²) in [6.45, 7) is 2.01. The maximum Gasteiger partial charge on any atom is 0.195 e. The van der Waals surface area contributed by atoms with Crippen molar-refractivity contribution in [3.8, 4) is 0 Å². The van der Waals surface area contributed by atoms with Gasteiger partial charge in [-0.3, -0.25) is 4.79 Å². The van der Waals surface area contributed by atoms with Crippen LogP contribution in [0.15, 0.2) is 54.6 Å². The number of aryl methyl sites for hydroxylation is 1. The molecule has 0 bridgehead atoms. The number of ketones is 1. The van der Waals surface area contributed by atoms with Crippen LogP contribution in [0.1, 0.15) is 21.5 Å². The first-order valence-electron chi connectivity index (χ1n) is 6.29. The van der Waals surface area contributed by atoms with E-state index in [4.69, 9.17) is 11.6 Å². The molecule has 0 saturated heterocycles. The summed E-state index contributed by atoms with van der Waals surface area (Å²) in [6.07, 6.45) is 2.07. The Morgan fingerprint density at radius 1 is 1.10 bits per heavy atom. The summed E-state index contributed by atoms with van der Waals surface area (Å²) < 4.78 is 0. The minimum Gasteiger partial charge on any atom is -0.381 e. The van der Waals surface area contributed by atoms with Gasteiger partial charge in [-0.25, -0.2) is 0 Å². The summed E-state index contributed by atoms with van der Waals surface area (Å²) in [5.74, 6) is -0.343. The molecule has 2 aromatic rings. The Balaban J connectivity index is 2.07. The van der Waals surface area contributed by atoms with E-state index in [0.29, 0.717) is 10.6 Å². The van der Waals surface area contributed by atoms with Crippen LogP contribution in [0.4, 0.5) is 0 Å². The average molecular weight is 287 g/mol. The zero-order valence-electron chi connectivity index (χ0n) is 11.1. The Kier molecular flexibility index (Phi) is 4.72. The average Bonchev–Trinajstić information content (AvgIpc) is 2.46. The van der Waals surface area contributed by atoms with Gasteiger partial charge in [-0.15, -0.1) is 0 Å². The van der Waals surface area contributed by atoms with Gasteiger partial charge in [-0.05, 0) is 42.8 Å². The molecule has 0 aliphatic heterocycles. The molecule has 0 aliphatic carbocycles. The van der Waals surface area contributed by atoms with Crippen LogP contribution in [0.5, 0.6) is 0 Å². The minimum absolute atomic E-state index is 0.343. The van der Waals surface area contributed by atoms with Crippen LogP contribution >= 0.6 is 11.6 Å². The number of carbonyl (C=O) groups is 1. The van der Waals surface area contributed by atoms with Gasteiger partial charge in [0.25, 0.3) is 0 Å². The summed E-state index contributed by atoms with van der Waals surface area (Å²) in [5, 5.41) is 10.4. The fourth-order valence-corrected chi connectivity index (χ4v) is 1.88. The molecule has 102 valence electrons. The Bertz CT molecular complexity index is 612. The Morgan fingerprint density at radius 3 is 2.30 bits per heavy atom. The summed E-state index contributed by atoms with van der Waals surface area (Å²) in [6, 6.07) is 14.3. The quantitative estimate of drug-likeness (QED) is 0.866. The van der Waals surface area contributed by atoms with Crippen molar-refractivity contribution in [3.05, 3.63) is 76.3 Å². The maximum absolute atomic E-state index is 12.0. The maximum atomic E-state index is 12.0. The number of benzene rings is 2. The smallest absolute Gasteiger partial charge is 0.195 e. The Labute approximate surface area is 123 Å². The lowest BCUT2D eigenvalue weighted by atomic mass is 10.0. The lowest BCUT2D eigenvalue weighted by Gasteiger charge is -2.05. The molecule has 1 atom stereocenters. The van der Waals surface area contributed by atoms with E-state index in [2.05, 4.69) is 0 Å². The van der Waals surface area contributed by atoms with Crippen molar-refractivity contribution >= 4 is 23.5 Å². The van der Waals surface area contributed by atoms with Gasteiger partial charge < -0.3 is 5.11 Å². The molecule has 2 rings (SSSR count). The van der Waals surface area contributed by atoms with E-state index < -0.39 is 6.10 Å². The molecular weight excluding hydrogens is 272 g/mol. The fraction of sp³-hybridized carbons (Fsp3) is 0.118. The lowest BCUT2D eigenvalue weighted by Crippen LogP contribution is -2.17. The first-order chi connectivity index (χ1) is 9.56. The van der Waals surface area contributed by atoms with Crippen molar-refractivity contribution in [1.29, 1.82) is 0 Å². The van der Waals surface area contributed by atoms with Gasteiger partial charge in [-0.1, -0.05) is 47.5 Å². The zero-order chi connectivity index (χ0) is 14.5. The van der Waals surface area contributed by atoms with Crippen molar-refractivity contribution in [3.63, 3.8) is 0 Å². The topological polar surface area (TPSA) is 37.3 Å². The molecule has 1 N–H and O–H groups in total. The highest BCUT2D eigenvalue weighted by Crippen LogP contribution is 2.12. The highest BCUT2D eigenvalue weighted by molar-refractivity contribution is 6.30. The molecule has 0 spiro atoms. The van der Waals surface area contributed by atoms with Gasteiger partial charge in [-0.2, -0.15) is 0 Å². The molecule has 0 aliphatic rings. The third kappa shape index (κ3) is 3.80. The number of aliphatic hydroxyl groups excluding tert-OH is 1. The first-order valence-corrected chi connectivity index (χ1v) is 6.67. The summed E-state index contributed by atoms with van der Waals surface area (Å²) in [7, 11) is 0. The van der Waals surface area contributed by atoms with Gasteiger partial charge in [0.15, 0.2) is 5.78 Å². The van der Waals surface area contributed by atoms with Crippen molar-refractivity contribution in [2.75, 3.05) is 0 Å². The predicted molar refractivity (Wildman–Crippen MR) is 82.0 cm³/mol. The van der Waals surface area contributed by atoms with E-state index >= 15 is 0 Å². The number of aliphatic hydroxyl groups is 1. The van der Waals surface area contributed by atoms with Crippen molar-refractivity contribution in [1.82, 2.24) is 0 Å². The molecule has 2 aromatic carbocycles. The highest BCUT2D eigenvalue weighted by Gasteiger charge is 2.13. The van der Waals surface area contributed by atoms with Crippen LogP contribution in [-0.4, -0.2) is 17.0 Å². The largest absolute Gasteiger partial charge is 0.381 e. The molecule has 0 heterocycles.